The minimum atomic E-state index is -4.61. The zero-order valence-electron chi connectivity index (χ0n) is 10.6. The zero-order chi connectivity index (χ0) is 16.5. The van der Waals surface area contributed by atoms with Crippen LogP contribution in [0.15, 0.2) is 47.4 Å². The summed E-state index contributed by atoms with van der Waals surface area (Å²) in [6.07, 6.45) is -4.61. The van der Waals surface area contributed by atoms with Gasteiger partial charge in [-0.2, -0.15) is 21.6 Å². The normalized spacial score (nSPS) is 12.2. The summed E-state index contributed by atoms with van der Waals surface area (Å²) in [5, 5.41) is 0. The van der Waals surface area contributed by atoms with Gasteiger partial charge in [-0.1, -0.05) is 0 Å². The van der Waals surface area contributed by atoms with Gasteiger partial charge in [0.05, 0.1) is 5.56 Å². The maximum atomic E-state index is 13.0. The van der Waals surface area contributed by atoms with E-state index in [0.717, 1.165) is 6.07 Å². The summed E-state index contributed by atoms with van der Waals surface area (Å²) in [7, 11) is -4.46. The Bertz CT molecular complexity index is 782. The molecule has 0 radical (unpaired) electrons. The molecule has 3 nitrogen and oxygen atoms in total. The second kappa shape index (κ2) is 5.56. The number of benzene rings is 2. The van der Waals surface area contributed by atoms with Crippen molar-refractivity contribution in [3.63, 3.8) is 0 Å². The molecule has 0 aliphatic rings. The molecule has 9 heteroatoms. The van der Waals surface area contributed by atoms with Crippen molar-refractivity contribution < 1.29 is 34.6 Å². The fourth-order valence-electron chi connectivity index (χ4n) is 1.51. The second-order valence-corrected chi connectivity index (χ2v) is 5.68. The summed E-state index contributed by atoms with van der Waals surface area (Å²) in [6.45, 7) is 0. The Labute approximate surface area is 122 Å². The summed E-state index contributed by atoms with van der Waals surface area (Å²) in [6, 6.07) is 4.60. The van der Waals surface area contributed by atoms with E-state index in [1.807, 2.05) is 0 Å². The summed E-state index contributed by atoms with van der Waals surface area (Å²) < 4.78 is 91.1. The first-order chi connectivity index (χ1) is 10.1. The Morgan fingerprint density at radius 1 is 0.864 bits per heavy atom. The number of hydrogen-bond donors (Lipinski definition) is 0. The molecule has 0 amide bonds. The third-order valence-electron chi connectivity index (χ3n) is 2.57. The Balaban J connectivity index is 2.28. The molecular formula is C13H7F5O3S. The van der Waals surface area contributed by atoms with E-state index in [4.69, 9.17) is 0 Å². The van der Waals surface area contributed by atoms with E-state index in [2.05, 4.69) is 4.18 Å². The van der Waals surface area contributed by atoms with E-state index >= 15 is 0 Å². The average Bonchev–Trinajstić information content (AvgIpc) is 2.42. The van der Waals surface area contributed by atoms with E-state index in [9.17, 15) is 30.4 Å². The molecule has 0 heterocycles. The van der Waals surface area contributed by atoms with Crippen molar-refractivity contribution in [1.29, 1.82) is 0 Å². The lowest BCUT2D eigenvalue weighted by molar-refractivity contribution is -0.137. The highest BCUT2D eigenvalue weighted by atomic mass is 32.2. The first kappa shape index (κ1) is 16.2. The van der Waals surface area contributed by atoms with Gasteiger partial charge < -0.3 is 4.18 Å². The van der Waals surface area contributed by atoms with Crippen molar-refractivity contribution in [3.8, 4) is 5.75 Å². The van der Waals surface area contributed by atoms with Gasteiger partial charge in [0.2, 0.25) is 0 Å². The number of hydrogen-bond acceptors (Lipinski definition) is 3. The molecule has 22 heavy (non-hydrogen) atoms. The maximum absolute atomic E-state index is 13.0. The molecule has 0 spiro atoms. The highest BCUT2D eigenvalue weighted by Gasteiger charge is 2.30. The van der Waals surface area contributed by atoms with Gasteiger partial charge in [0, 0.05) is 6.07 Å². The van der Waals surface area contributed by atoms with Gasteiger partial charge in [-0.05, 0) is 36.4 Å². The monoisotopic (exact) mass is 338 g/mol. The van der Waals surface area contributed by atoms with Gasteiger partial charge in [-0.25, -0.2) is 8.78 Å². The van der Waals surface area contributed by atoms with Crippen LogP contribution in [-0.2, 0) is 16.3 Å². The molecule has 0 bridgehead atoms. The quantitative estimate of drug-likeness (QED) is 0.632. The zero-order valence-corrected chi connectivity index (χ0v) is 11.4. The predicted molar refractivity (Wildman–Crippen MR) is 65.6 cm³/mol. The van der Waals surface area contributed by atoms with Gasteiger partial charge in [0.25, 0.3) is 0 Å². The van der Waals surface area contributed by atoms with E-state index < -0.39 is 44.1 Å². The smallest absolute Gasteiger partial charge is 0.379 e. The SMILES string of the molecule is O=S(=O)(Oc1ccc(F)c(F)c1)c1ccc(C(F)(F)F)cc1. The lowest BCUT2D eigenvalue weighted by Gasteiger charge is -2.09. The lowest BCUT2D eigenvalue weighted by Crippen LogP contribution is -2.11. The van der Waals surface area contributed by atoms with Crippen LogP contribution >= 0.6 is 0 Å². The maximum Gasteiger partial charge on any atom is 0.416 e. The third-order valence-corrected chi connectivity index (χ3v) is 3.83. The molecule has 2 rings (SSSR count). The Morgan fingerprint density at radius 3 is 1.95 bits per heavy atom. The van der Waals surface area contributed by atoms with Gasteiger partial charge in [-0.3, -0.25) is 0 Å². The highest BCUT2D eigenvalue weighted by molar-refractivity contribution is 7.87. The first-order valence-corrected chi connectivity index (χ1v) is 7.07. The van der Waals surface area contributed by atoms with Crippen molar-refractivity contribution in [3.05, 3.63) is 59.7 Å². The van der Waals surface area contributed by atoms with E-state index in [1.165, 1.54) is 0 Å². The van der Waals surface area contributed by atoms with E-state index in [0.29, 0.717) is 36.4 Å². The minimum Gasteiger partial charge on any atom is -0.379 e. The lowest BCUT2D eigenvalue weighted by atomic mass is 10.2. The fraction of sp³-hybridized carbons (Fsp3) is 0.0769. The number of rotatable bonds is 3. The Morgan fingerprint density at radius 2 is 1.45 bits per heavy atom. The van der Waals surface area contributed by atoms with Gasteiger partial charge >= 0.3 is 16.3 Å². The molecule has 0 atom stereocenters. The highest BCUT2D eigenvalue weighted by Crippen LogP contribution is 2.30. The van der Waals surface area contributed by atoms with Crippen LogP contribution in [-0.4, -0.2) is 8.42 Å². The summed E-state index contributed by atoms with van der Waals surface area (Å²) >= 11 is 0. The van der Waals surface area contributed by atoms with Crippen molar-refractivity contribution in [2.75, 3.05) is 0 Å². The minimum absolute atomic E-state index is 0.501. The number of alkyl halides is 3. The first-order valence-electron chi connectivity index (χ1n) is 5.66. The molecular weight excluding hydrogens is 331 g/mol. The van der Waals surface area contributed by atoms with Crippen LogP contribution in [0.5, 0.6) is 5.75 Å². The third kappa shape index (κ3) is 3.53. The Kier molecular flexibility index (Phi) is 4.10. The van der Waals surface area contributed by atoms with Crippen LogP contribution in [0.1, 0.15) is 5.56 Å². The molecule has 0 aliphatic carbocycles. The van der Waals surface area contributed by atoms with Crippen LogP contribution in [0.25, 0.3) is 0 Å². The molecule has 0 aromatic heterocycles. The molecule has 0 aliphatic heterocycles. The molecule has 0 saturated heterocycles. The van der Waals surface area contributed by atoms with E-state index in [1.54, 1.807) is 0 Å². The predicted octanol–water partition coefficient (Wildman–Crippen LogP) is 3.75. The van der Waals surface area contributed by atoms with Gasteiger partial charge in [-0.15, -0.1) is 0 Å². The standard InChI is InChI=1S/C13H7F5O3S/c14-11-6-3-9(7-12(11)15)21-22(19,20)10-4-1-8(2-5-10)13(16,17)18/h1-7H. The molecule has 0 N–H and O–H groups in total. The molecule has 2 aromatic rings. The molecule has 0 saturated carbocycles. The van der Waals surface area contributed by atoms with Crippen LogP contribution in [0.4, 0.5) is 22.0 Å². The fourth-order valence-corrected chi connectivity index (χ4v) is 2.44. The summed E-state index contributed by atoms with van der Waals surface area (Å²) in [5.41, 5.74) is -1.03. The Hall–Kier alpha value is -2.16. The van der Waals surface area contributed by atoms with Crippen molar-refractivity contribution in [2.45, 2.75) is 11.1 Å². The molecule has 0 unspecified atom stereocenters. The van der Waals surface area contributed by atoms with Crippen molar-refractivity contribution >= 4 is 10.1 Å². The molecule has 0 fully saturated rings. The van der Waals surface area contributed by atoms with Crippen LogP contribution in [0, 0.1) is 11.6 Å². The van der Waals surface area contributed by atoms with Gasteiger partial charge in [0.1, 0.15) is 10.6 Å². The van der Waals surface area contributed by atoms with Gasteiger partial charge in [0.15, 0.2) is 11.6 Å². The van der Waals surface area contributed by atoms with Crippen LogP contribution in [0.2, 0.25) is 0 Å². The largest absolute Gasteiger partial charge is 0.416 e. The number of halogens is 5. The average molecular weight is 338 g/mol. The van der Waals surface area contributed by atoms with Crippen LogP contribution in [0.3, 0.4) is 0 Å². The van der Waals surface area contributed by atoms with E-state index in [-0.39, 0.29) is 0 Å². The van der Waals surface area contributed by atoms with Crippen molar-refractivity contribution in [1.82, 2.24) is 0 Å². The van der Waals surface area contributed by atoms with Crippen molar-refractivity contribution in [2.24, 2.45) is 0 Å². The molecule has 2 aromatic carbocycles. The van der Waals surface area contributed by atoms with Crippen LogP contribution < -0.4 is 4.18 Å². The topological polar surface area (TPSA) is 43.4 Å². The summed E-state index contributed by atoms with van der Waals surface area (Å²) in [5.74, 6) is -3.02. The second-order valence-electron chi connectivity index (χ2n) is 4.14. The molecule has 118 valence electrons. The summed E-state index contributed by atoms with van der Waals surface area (Å²) in [4.78, 5) is -0.551.